The van der Waals surface area contributed by atoms with Gasteiger partial charge in [-0.05, 0) is 12.1 Å². The van der Waals surface area contributed by atoms with Gasteiger partial charge in [-0.3, -0.25) is 0 Å². The second-order valence-electron chi connectivity index (χ2n) is 3.08. The van der Waals surface area contributed by atoms with E-state index in [1.54, 1.807) is 25.3 Å². The fourth-order valence-electron chi connectivity index (χ4n) is 1.39. The molecule has 0 saturated heterocycles. The van der Waals surface area contributed by atoms with Gasteiger partial charge in [0, 0.05) is 18.7 Å². The Morgan fingerprint density at radius 3 is 3.21 bits per heavy atom. The second-order valence-corrected chi connectivity index (χ2v) is 3.08. The zero-order valence-electron chi connectivity index (χ0n) is 7.90. The molecule has 1 aromatic carbocycles. The van der Waals surface area contributed by atoms with Crippen molar-refractivity contribution in [2.45, 2.75) is 6.10 Å². The van der Waals surface area contributed by atoms with Gasteiger partial charge >= 0.3 is 0 Å². The Morgan fingerprint density at radius 2 is 2.43 bits per heavy atom. The van der Waals surface area contributed by atoms with Crippen molar-refractivity contribution in [3.05, 3.63) is 23.8 Å². The fourth-order valence-corrected chi connectivity index (χ4v) is 1.39. The molecule has 2 rings (SSSR count). The van der Waals surface area contributed by atoms with Crippen LogP contribution in [0.2, 0.25) is 0 Å². The molecule has 1 aliphatic heterocycles. The van der Waals surface area contributed by atoms with Gasteiger partial charge in [-0.1, -0.05) is 0 Å². The highest BCUT2D eigenvalue weighted by Crippen LogP contribution is 2.34. The van der Waals surface area contributed by atoms with Crippen molar-refractivity contribution < 1.29 is 19.3 Å². The van der Waals surface area contributed by atoms with Crippen LogP contribution in [0.25, 0.3) is 0 Å². The zero-order valence-corrected chi connectivity index (χ0v) is 7.90. The normalized spacial score (nSPS) is 18.9. The van der Waals surface area contributed by atoms with Gasteiger partial charge < -0.3 is 19.3 Å². The summed E-state index contributed by atoms with van der Waals surface area (Å²) in [4.78, 5) is 0. The van der Waals surface area contributed by atoms with E-state index >= 15 is 0 Å². The molecule has 14 heavy (non-hydrogen) atoms. The molecule has 1 unspecified atom stereocenters. The molecule has 0 saturated carbocycles. The Kier molecular flexibility index (Phi) is 2.56. The van der Waals surface area contributed by atoms with Crippen molar-refractivity contribution in [1.82, 2.24) is 0 Å². The topological polar surface area (TPSA) is 47.9 Å². The van der Waals surface area contributed by atoms with Gasteiger partial charge in [-0.15, -0.1) is 0 Å². The van der Waals surface area contributed by atoms with Crippen LogP contribution in [0, 0.1) is 0 Å². The third-order valence-electron chi connectivity index (χ3n) is 2.08. The molecule has 1 aromatic rings. The average molecular weight is 196 g/mol. The number of hydrogen-bond donors (Lipinski definition) is 1. The van der Waals surface area contributed by atoms with E-state index in [4.69, 9.17) is 14.2 Å². The van der Waals surface area contributed by atoms with Crippen LogP contribution in [0.1, 0.15) is 11.7 Å². The van der Waals surface area contributed by atoms with Crippen molar-refractivity contribution in [1.29, 1.82) is 0 Å². The molecule has 76 valence electrons. The first kappa shape index (κ1) is 9.30. The highest BCUT2D eigenvalue weighted by molar-refractivity contribution is 5.44. The maximum atomic E-state index is 9.46. The predicted molar refractivity (Wildman–Crippen MR) is 49.4 cm³/mol. The number of aliphatic hydroxyl groups is 1. The van der Waals surface area contributed by atoms with Gasteiger partial charge in [0.05, 0.1) is 0 Å². The van der Waals surface area contributed by atoms with Gasteiger partial charge in [-0.2, -0.15) is 0 Å². The molecule has 0 radical (unpaired) electrons. The smallest absolute Gasteiger partial charge is 0.188 e. The molecule has 1 atom stereocenters. The Labute approximate surface area is 82.0 Å². The quantitative estimate of drug-likeness (QED) is 0.735. The maximum Gasteiger partial charge on any atom is 0.188 e. The van der Waals surface area contributed by atoms with Crippen LogP contribution in [-0.4, -0.2) is 25.6 Å². The summed E-state index contributed by atoms with van der Waals surface area (Å²) in [6.07, 6.45) is -0.513. The van der Waals surface area contributed by atoms with Crippen LogP contribution in [0.15, 0.2) is 18.2 Å². The van der Waals surface area contributed by atoms with Crippen LogP contribution in [0.3, 0.4) is 0 Å². The van der Waals surface area contributed by atoms with Crippen LogP contribution in [0.5, 0.6) is 11.5 Å². The van der Waals surface area contributed by atoms with Crippen LogP contribution in [-0.2, 0) is 4.74 Å². The van der Waals surface area contributed by atoms with E-state index in [0.717, 1.165) is 5.56 Å². The van der Waals surface area contributed by atoms with E-state index < -0.39 is 6.10 Å². The van der Waals surface area contributed by atoms with Gasteiger partial charge in [0.25, 0.3) is 0 Å². The molecular formula is C10H12O4. The summed E-state index contributed by atoms with van der Waals surface area (Å²) in [6.45, 7) is 0.532. The highest BCUT2D eigenvalue weighted by atomic mass is 16.7. The molecule has 0 fully saturated rings. The minimum absolute atomic E-state index is 0.210. The highest BCUT2D eigenvalue weighted by Gasteiger charge is 2.21. The summed E-state index contributed by atoms with van der Waals surface area (Å²) in [5, 5.41) is 9.46. The van der Waals surface area contributed by atoms with E-state index in [-0.39, 0.29) is 6.79 Å². The average Bonchev–Trinajstić information content (AvgIpc) is 2.57. The molecule has 1 aliphatic rings. The lowest BCUT2D eigenvalue weighted by Gasteiger charge is -2.06. The van der Waals surface area contributed by atoms with Gasteiger partial charge in [-0.25, -0.2) is 0 Å². The zero-order chi connectivity index (χ0) is 9.97. The molecule has 4 heteroatoms. The maximum absolute atomic E-state index is 9.46. The Balaban J connectivity index is 2.15. The lowest BCUT2D eigenvalue weighted by Crippen LogP contribution is -1.98. The molecule has 0 aliphatic carbocycles. The number of rotatable bonds is 3. The fraction of sp³-hybridized carbons (Fsp3) is 0.400. The molecule has 0 bridgehead atoms. The first-order valence-corrected chi connectivity index (χ1v) is 4.38. The summed E-state index contributed by atoms with van der Waals surface area (Å²) in [6, 6.07) is 5.35. The Morgan fingerprint density at radius 1 is 1.57 bits per heavy atom. The molecule has 0 amide bonds. The molecule has 4 nitrogen and oxygen atoms in total. The predicted octanol–water partition coefficient (Wildman–Crippen LogP) is 1.10. The van der Waals surface area contributed by atoms with Gasteiger partial charge in [0.1, 0.15) is 24.2 Å². The number of fused-ring (bicyclic) bond motifs is 1. The number of aliphatic hydroxyl groups excluding tert-OH is 1. The molecule has 0 spiro atoms. The van der Waals surface area contributed by atoms with Crippen molar-refractivity contribution in [2.75, 3.05) is 20.5 Å². The molecule has 1 heterocycles. The third-order valence-corrected chi connectivity index (χ3v) is 2.08. The molecule has 1 N–H and O–H groups in total. The van der Waals surface area contributed by atoms with Gasteiger partial charge in [0.2, 0.25) is 0 Å². The summed E-state index contributed by atoms with van der Waals surface area (Å²) < 4.78 is 15.3. The minimum atomic E-state index is -0.513. The monoisotopic (exact) mass is 196 g/mol. The second kappa shape index (κ2) is 3.86. The number of hydrogen-bond acceptors (Lipinski definition) is 4. The lowest BCUT2D eigenvalue weighted by molar-refractivity contribution is 0.0510. The Hall–Kier alpha value is -1.26. The summed E-state index contributed by atoms with van der Waals surface area (Å²) in [7, 11) is 1.56. The lowest BCUT2D eigenvalue weighted by atomic mass is 10.1. The summed E-state index contributed by atoms with van der Waals surface area (Å²) in [5.74, 6) is 1.37. The largest absolute Gasteiger partial charge is 0.490 e. The summed E-state index contributed by atoms with van der Waals surface area (Å²) in [5.41, 5.74) is 0.815. The minimum Gasteiger partial charge on any atom is -0.490 e. The van der Waals surface area contributed by atoms with Crippen molar-refractivity contribution in [3.63, 3.8) is 0 Å². The SMILES string of the molecule is COCOc1ccc2c(c1)OCC2O. The van der Waals surface area contributed by atoms with Crippen molar-refractivity contribution in [3.8, 4) is 11.5 Å². The van der Waals surface area contributed by atoms with Crippen LogP contribution in [0.4, 0.5) is 0 Å². The number of methoxy groups -OCH3 is 1. The number of ether oxygens (including phenoxy) is 3. The van der Waals surface area contributed by atoms with E-state index in [2.05, 4.69) is 0 Å². The van der Waals surface area contributed by atoms with E-state index in [0.29, 0.717) is 18.1 Å². The third kappa shape index (κ3) is 1.66. The first-order chi connectivity index (χ1) is 6.81. The van der Waals surface area contributed by atoms with Crippen molar-refractivity contribution in [2.24, 2.45) is 0 Å². The van der Waals surface area contributed by atoms with E-state index in [1.807, 2.05) is 0 Å². The van der Waals surface area contributed by atoms with E-state index in [9.17, 15) is 5.11 Å². The standard InChI is InChI=1S/C10H12O4/c1-12-6-14-7-2-3-8-9(11)5-13-10(8)4-7/h2-4,9,11H,5-6H2,1H3. The molecular weight excluding hydrogens is 184 g/mol. The molecule has 0 aromatic heterocycles. The Bertz CT molecular complexity index is 324. The van der Waals surface area contributed by atoms with E-state index in [1.165, 1.54) is 0 Å². The summed E-state index contributed by atoms with van der Waals surface area (Å²) >= 11 is 0. The van der Waals surface area contributed by atoms with Crippen LogP contribution < -0.4 is 9.47 Å². The van der Waals surface area contributed by atoms with Crippen LogP contribution >= 0.6 is 0 Å². The van der Waals surface area contributed by atoms with Gasteiger partial charge in [0.15, 0.2) is 6.79 Å². The number of benzene rings is 1. The first-order valence-electron chi connectivity index (χ1n) is 4.38. The van der Waals surface area contributed by atoms with Crippen molar-refractivity contribution >= 4 is 0 Å².